The van der Waals surface area contributed by atoms with Crippen LogP contribution in [0.2, 0.25) is 0 Å². The van der Waals surface area contributed by atoms with Crippen LogP contribution in [-0.4, -0.2) is 29.3 Å². The molecular weight excluding hydrogens is 263 g/mol. The van der Waals surface area contributed by atoms with Crippen LogP contribution in [0.4, 0.5) is 10.1 Å². The van der Waals surface area contributed by atoms with Crippen LogP contribution < -0.4 is 10.6 Å². The van der Waals surface area contributed by atoms with Crippen LogP contribution in [0.1, 0.15) is 31.2 Å². The quantitative estimate of drug-likeness (QED) is 0.813. The molecular formula is C14H19FN2OS. The molecule has 1 saturated heterocycles. The van der Waals surface area contributed by atoms with Gasteiger partial charge in [0.25, 0.3) is 0 Å². The molecule has 19 heavy (non-hydrogen) atoms. The van der Waals surface area contributed by atoms with E-state index in [2.05, 4.69) is 4.90 Å². The van der Waals surface area contributed by atoms with Crippen LogP contribution in [0.15, 0.2) is 18.2 Å². The van der Waals surface area contributed by atoms with Gasteiger partial charge >= 0.3 is 0 Å². The molecule has 0 radical (unpaired) electrons. The average molecular weight is 282 g/mol. The van der Waals surface area contributed by atoms with Gasteiger partial charge in [0.15, 0.2) is 0 Å². The fraction of sp³-hybridized carbons (Fsp3) is 0.500. The van der Waals surface area contributed by atoms with Crippen LogP contribution in [0, 0.1) is 5.82 Å². The lowest BCUT2D eigenvalue weighted by Gasteiger charge is -2.28. The first-order valence-electron chi connectivity index (χ1n) is 6.61. The minimum atomic E-state index is -0.363. The van der Waals surface area contributed by atoms with Gasteiger partial charge in [0.1, 0.15) is 10.8 Å². The van der Waals surface area contributed by atoms with Gasteiger partial charge in [-0.1, -0.05) is 18.3 Å². The fourth-order valence-electron chi connectivity index (χ4n) is 2.78. The maximum absolute atomic E-state index is 13.9. The first-order valence-corrected chi connectivity index (χ1v) is 7.01. The number of halogens is 1. The van der Waals surface area contributed by atoms with E-state index >= 15 is 0 Å². The molecule has 0 saturated carbocycles. The third-order valence-corrected chi connectivity index (χ3v) is 3.82. The van der Waals surface area contributed by atoms with Crippen molar-refractivity contribution >= 4 is 22.9 Å². The van der Waals surface area contributed by atoms with Crippen molar-refractivity contribution in [3.05, 3.63) is 29.6 Å². The summed E-state index contributed by atoms with van der Waals surface area (Å²) in [5.74, 6) is -0.363. The van der Waals surface area contributed by atoms with Gasteiger partial charge in [-0.2, -0.15) is 0 Å². The molecule has 104 valence electrons. The molecule has 0 aromatic heterocycles. The lowest BCUT2D eigenvalue weighted by Crippen LogP contribution is -2.31. The van der Waals surface area contributed by atoms with E-state index in [1.807, 2.05) is 6.07 Å². The predicted molar refractivity (Wildman–Crippen MR) is 79.0 cm³/mol. The zero-order valence-electron chi connectivity index (χ0n) is 10.8. The van der Waals surface area contributed by atoms with Crippen molar-refractivity contribution in [2.24, 2.45) is 5.73 Å². The molecule has 1 fully saturated rings. The highest BCUT2D eigenvalue weighted by Crippen LogP contribution is 2.31. The normalized spacial score (nSPS) is 18.8. The Morgan fingerprint density at radius 3 is 3.00 bits per heavy atom. The van der Waals surface area contributed by atoms with Crippen molar-refractivity contribution in [2.45, 2.75) is 31.7 Å². The van der Waals surface area contributed by atoms with Crippen LogP contribution in [-0.2, 0) is 0 Å². The molecule has 0 spiro atoms. The largest absolute Gasteiger partial charge is 0.396 e. The lowest BCUT2D eigenvalue weighted by molar-refractivity contribution is 0.279. The molecule has 3 nitrogen and oxygen atoms in total. The Bertz CT molecular complexity index is 467. The van der Waals surface area contributed by atoms with Crippen molar-refractivity contribution in [3.63, 3.8) is 0 Å². The third kappa shape index (κ3) is 3.04. The zero-order valence-corrected chi connectivity index (χ0v) is 11.6. The summed E-state index contributed by atoms with van der Waals surface area (Å²) in [7, 11) is 0. The Kier molecular flexibility index (Phi) is 4.71. The maximum Gasteiger partial charge on any atom is 0.135 e. The summed E-state index contributed by atoms with van der Waals surface area (Å²) < 4.78 is 13.9. The Balaban J connectivity index is 2.30. The molecule has 1 unspecified atom stereocenters. The summed E-state index contributed by atoms with van der Waals surface area (Å²) in [4.78, 5) is 2.27. The molecule has 0 aliphatic carbocycles. The predicted octanol–water partition coefficient (Wildman–Crippen LogP) is 2.20. The second kappa shape index (κ2) is 6.30. The maximum atomic E-state index is 13.9. The van der Waals surface area contributed by atoms with Crippen molar-refractivity contribution in [1.29, 1.82) is 0 Å². The Morgan fingerprint density at radius 1 is 1.53 bits per heavy atom. The van der Waals surface area contributed by atoms with E-state index in [1.54, 1.807) is 6.07 Å². The molecule has 3 N–H and O–H groups in total. The van der Waals surface area contributed by atoms with Crippen molar-refractivity contribution in [1.82, 2.24) is 0 Å². The summed E-state index contributed by atoms with van der Waals surface area (Å²) in [6.07, 6.45) is 3.80. The zero-order chi connectivity index (χ0) is 13.8. The highest BCUT2D eigenvalue weighted by molar-refractivity contribution is 7.80. The molecule has 1 aromatic rings. The Hall–Kier alpha value is -1.20. The number of aliphatic hydroxyl groups excluding tert-OH is 1. The van der Waals surface area contributed by atoms with E-state index in [9.17, 15) is 4.39 Å². The molecule has 1 heterocycles. The smallest absolute Gasteiger partial charge is 0.135 e. The van der Waals surface area contributed by atoms with E-state index in [-0.39, 0.29) is 17.4 Å². The second-order valence-electron chi connectivity index (χ2n) is 4.85. The topological polar surface area (TPSA) is 49.5 Å². The van der Waals surface area contributed by atoms with Gasteiger partial charge in [0.05, 0.1) is 11.3 Å². The summed E-state index contributed by atoms with van der Waals surface area (Å²) in [6, 6.07) is 5.28. The monoisotopic (exact) mass is 282 g/mol. The number of nitrogens with two attached hydrogens (primary N) is 1. The van der Waals surface area contributed by atoms with E-state index in [0.29, 0.717) is 11.6 Å². The van der Waals surface area contributed by atoms with E-state index in [1.165, 1.54) is 6.07 Å². The lowest BCUT2D eigenvalue weighted by atomic mass is 10.1. The van der Waals surface area contributed by atoms with Gasteiger partial charge < -0.3 is 15.7 Å². The van der Waals surface area contributed by atoms with Crippen molar-refractivity contribution < 1.29 is 9.50 Å². The summed E-state index contributed by atoms with van der Waals surface area (Å²) in [6.45, 7) is 1.07. The fourth-order valence-corrected chi connectivity index (χ4v) is 2.98. The van der Waals surface area contributed by atoms with Crippen LogP contribution in [0.3, 0.4) is 0 Å². The number of aliphatic hydroxyl groups is 1. The van der Waals surface area contributed by atoms with Crippen LogP contribution >= 0.6 is 12.2 Å². The molecule has 1 aliphatic heterocycles. The van der Waals surface area contributed by atoms with Crippen molar-refractivity contribution in [2.75, 3.05) is 18.1 Å². The number of benzene rings is 1. The molecule has 0 bridgehead atoms. The number of hydrogen-bond donors (Lipinski definition) is 2. The minimum absolute atomic E-state index is 0.0981. The second-order valence-corrected chi connectivity index (χ2v) is 5.29. The Labute approximate surface area is 118 Å². The number of thiocarbonyl (C=S) groups is 1. The molecule has 1 aromatic carbocycles. The van der Waals surface area contributed by atoms with Crippen molar-refractivity contribution in [3.8, 4) is 0 Å². The molecule has 1 aliphatic rings. The average Bonchev–Trinajstić information content (AvgIpc) is 2.83. The van der Waals surface area contributed by atoms with Crippen LogP contribution in [0.25, 0.3) is 0 Å². The van der Waals surface area contributed by atoms with Gasteiger partial charge in [0, 0.05) is 19.2 Å². The SMILES string of the molecule is NC(=S)c1c(F)cccc1N1CCCC1CCCO. The van der Waals surface area contributed by atoms with E-state index in [4.69, 9.17) is 23.1 Å². The molecule has 2 rings (SSSR count). The van der Waals surface area contributed by atoms with Gasteiger partial charge in [0.2, 0.25) is 0 Å². The molecule has 0 amide bonds. The van der Waals surface area contributed by atoms with Gasteiger partial charge in [-0.3, -0.25) is 0 Å². The highest BCUT2D eigenvalue weighted by atomic mass is 32.1. The molecule has 1 atom stereocenters. The van der Waals surface area contributed by atoms with Gasteiger partial charge in [-0.05, 0) is 37.8 Å². The molecule has 5 heteroatoms. The third-order valence-electron chi connectivity index (χ3n) is 3.62. The highest BCUT2D eigenvalue weighted by Gasteiger charge is 2.27. The van der Waals surface area contributed by atoms with Gasteiger partial charge in [-0.25, -0.2) is 4.39 Å². The number of hydrogen-bond acceptors (Lipinski definition) is 3. The van der Waals surface area contributed by atoms with E-state index < -0.39 is 0 Å². The first kappa shape index (κ1) is 14.2. The summed E-state index contributed by atoms with van der Waals surface area (Å²) >= 11 is 4.97. The Morgan fingerprint density at radius 2 is 2.32 bits per heavy atom. The number of nitrogens with zero attached hydrogens (tertiary/aromatic N) is 1. The standard InChI is InChI=1S/C14H19FN2OS/c15-11-6-1-7-12(13(11)14(16)19)17-8-2-4-10(17)5-3-9-18/h1,6-7,10,18H,2-5,8-9H2,(H2,16,19). The van der Waals surface area contributed by atoms with Crippen LogP contribution in [0.5, 0.6) is 0 Å². The summed E-state index contributed by atoms with van der Waals surface area (Å²) in [5, 5.41) is 8.95. The van der Waals surface area contributed by atoms with Gasteiger partial charge in [-0.15, -0.1) is 0 Å². The first-order chi connectivity index (χ1) is 9.15. The number of anilines is 1. The van der Waals surface area contributed by atoms with E-state index in [0.717, 1.165) is 37.9 Å². The summed E-state index contributed by atoms with van der Waals surface area (Å²) in [5.41, 5.74) is 6.78. The minimum Gasteiger partial charge on any atom is -0.396 e. The number of rotatable bonds is 5.